The Hall–Kier alpha value is -1.54. The van der Waals surface area contributed by atoms with Crippen LogP contribution in [-0.2, 0) is 24.8 Å². The van der Waals surface area contributed by atoms with E-state index in [4.69, 9.17) is 9.59 Å². The van der Waals surface area contributed by atoms with Crippen LogP contribution in [0, 0.1) is 4.91 Å². The molecule has 0 fully saturated rings. The molecule has 1 aliphatic rings. The number of hydrogen-bond acceptors (Lipinski definition) is 4. The van der Waals surface area contributed by atoms with E-state index in [1.807, 2.05) is 25.2 Å². The Balaban J connectivity index is -0.000000272. The second kappa shape index (κ2) is 12.5. The van der Waals surface area contributed by atoms with Crippen LogP contribution in [0.5, 0.6) is 0 Å². The molecule has 1 aliphatic carbocycles. The third kappa shape index (κ3) is 14.5. The van der Waals surface area contributed by atoms with Crippen LogP contribution in [0.15, 0.2) is 40.6 Å². The average molecular weight is 333 g/mol. The summed E-state index contributed by atoms with van der Waals surface area (Å²) in [4.78, 5) is 25.1. The molecule has 4 nitrogen and oxygen atoms in total. The summed E-state index contributed by atoms with van der Waals surface area (Å²) in [5, 5.41) is 0. The van der Waals surface area contributed by atoms with Crippen LogP contribution < -0.4 is 0 Å². The van der Waals surface area contributed by atoms with E-state index in [-0.39, 0.29) is 19.5 Å². The molecule has 0 aromatic rings. The van der Waals surface area contributed by atoms with Crippen molar-refractivity contribution in [2.75, 3.05) is 0 Å². The van der Waals surface area contributed by atoms with Crippen molar-refractivity contribution in [3.05, 3.63) is 41.4 Å². The molecule has 1 rings (SSSR count). The van der Waals surface area contributed by atoms with E-state index in [0.29, 0.717) is 0 Å². The molecule has 0 spiro atoms. The zero-order chi connectivity index (χ0) is 16.8. The molecule has 0 saturated heterocycles. The van der Waals surface area contributed by atoms with Crippen LogP contribution in [0.25, 0.3) is 0 Å². The smallest absolute Gasteiger partial charge is 0.418 e. The largest absolute Gasteiger partial charge is 0.673 e. The van der Waals surface area contributed by atoms with Crippen LogP contribution in [0.2, 0.25) is 4.31 Å². The molecule has 20 heavy (non-hydrogen) atoms. The van der Waals surface area contributed by atoms with Gasteiger partial charge in [-0.1, -0.05) is 0 Å². The maximum atomic E-state index is 10.1. The standard InChI is InChI=1S/C8H9.2CO.BF4.Mn.NO/c1-3-8-5-4-7(2)6-8;2*1-2;2-1(3,4)5;;1-2/h3-6H,1H2,2H3;;;;;/q;;;-1;+1;-1. The van der Waals surface area contributed by atoms with Gasteiger partial charge in [0.15, 0.2) is 0 Å². The van der Waals surface area contributed by atoms with Gasteiger partial charge in [0.05, 0.1) is 0 Å². The fourth-order valence-corrected chi connectivity index (χ4v) is 1.80. The van der Waals surface area contributed by atoms with Crippen molar-refractivity contribution < 1.29 is 42.0 Å². The van der Waals surface area contributed by atoms with Gasteiger partial charge in [-0.05, 0) is 0 Å². The molecule has 0 N–H and O–H groups in total. The number of halogens is 4. The van der Waals surface area contributed by atoms with Crippen molar-refractivity contribution in [2.24, 2.45) is 4.19 Å². The fourth-order valence-electron chi connectivity index (χ4n) is 0.978. The number of rotatable bonds is 3. The van der Waals surface area contributed by atoms with Gasteiger partial charge in [-0.15, -0.1) is 0 Å². The van der Waals surface area contributed by atoms with Crippen molar-refractivity contribution in [3.8, 4) is 0 Å². The monoisotopic (exact) mass is 333 g/mol. The van der Waals surface area contributed by atoms with Gasteiger partial charge >= 0.3 is 79.2 Å². The SMILES string of the molecule is C=C[C]1([Mn][N]=O)C=CC(C)=C1.F[B-](F)(F)F.[C]=O.[C]=O. The first-order valence-electron chi connectivity index (χ1n) is 4.51. The first kappa shape index (κ1) is 23.5. The Labute approximate surface area is 120 Å². The number of nitrogens with zero attached hydrogens (tertiary/aromatic N) is 1. The van der Waals surface area contributed by atoms with Crippen molar-refractivity contribution in [1.82, 2.24) is 0 Å². The van der Waals surface area contributed by atoms with Crippen LogP contribution in [0.3, 0.4) is 0 Å². The molecule has 10 heteroatoms. The van der Waals surface area contributed by atoms with Gasteiger partial charge in [0.25, 0.3) is 13.6 Å². The Morgan fingerprint density at radius 3 is 1.90 bits per heavy atom. The minimum atomic E-state index is -6.00. The minimum absolute atomic E-state index is 0.0172. The van der Waals surface area contributed by atoms with Crippen molar-refractivity contribution in [1.29, 1.82) is 0 Å². The summed E-state index contributed by atoms with van der Waals surface area (Å²) in [5.41, 5.74) is 1.17. The van der Waals surface area contributed by atoms with Crippen LogP contribution in [-0.4, -0.2) is 20.8 Å². The summed E-state index contributed by atoms with van der Waals surface area (Å²) in [7, 11) is -6.00. The normalized spacial score (nSPS) is 18.9. The van der Waals surface area contributed by atoms with E-state index < -0.39 is 7.25 Å². The summed E-state index contributed by atoms with van der Waals surface area (Å²) in [6, 6.07) is 0. The van der Waals surface area contributed by atoms with Crippen molar-refractivity contribution in [2.45, 2.75) is 11.2 Å². The molecule has 0 heterocycles. The van der Waals surface area contributed by atoms with Crippen LogP contribution in [0.4, 0.5) is 17.3 Å². The Morgan fingerprint density at radius 2 is 1.70 bits per heavy atom. The van der Waals surface area contributed by atoms with Gasteiger partial charge in [0, 0.05) is 0 Å². The van der Waals surface area contributed by atoms with Crippen molar-refractivity contribution in [3.63, 3.8) is 0 Å². The summed E-state index contributed by atoms with van der Waals surface area (Å²) in [6.45, 7) is 14.7. The predicted molar refractivity (Wildman–Crippen MR) is 63.2 cm³/mol. The van der Waals surface area contributed by atoms with E-state index >= 15 is 0 Å². The Kier molecular flexibility index (Phi) is 14.7. The number of allylic oxidation sites excluding steroid dienone is 5. The van der Waals surface area contributed by atoms with E-state index in [1.54, 1.807) is 6.08 Å². The maximum absolute atomic E-state index is 10.1. The molecular weight excluding hydrogens is 324 g/mol. The molecule has 1 unspecified atom stereocenters. The zero-order valence-corrected chi connectivity index (χ0v) is 11.3. The second-order valence-corrected chi connectivity index (χ2v) is 4.40. The maximum Gasteiger partial charge on any atom is 0.673 e. The number of hydrogen-bond donors (Lipinski definition) is 0. The van der Waals surface area contributed by atoms with Gasteiger partial charge in [-0.25, -0.2) is 0 Å². The predicted octanol–water partition coefficient (Wildman–Crippen LogP) is 3.12. The second-order valence-electron chi connectivity index (χ2n) is 2.90. The molecule has 0 aromatic heterocycles. The molecule has 4 radical (unpaired) electrons. The summed E-state index contributed by atoms with van der Waals surface area (Å²) >= 11 is -0.0172. The summed E-state index contributed by atoms with van der Waals surface area (Å²) < 4.78 is 41.6. The third-order valence-electron chi connectivity index (χ3n) is 1.54. The minimum Gasteiger partial charge on any atom is -0.418 e. The number of carbonyl (C=O) groups excluding carboxylic acids is 2. The molecule has 0 saturated carbocycles. The Morgan fingerprint density at radius 1 is 1.30 bits per heavy atom. The van der Waals surface area contributed by atoms with E-state index in [2.05, 4.69) is 24.4 Å². The third-order valence-corrected chi connectivity index (χ3v) is 2.72. The quantitative estimate of drug-likeness (QED) is 0.345. The molecule has 0 aliphatic heterocycles. The van der Waals surface area contributed by atoms with Crippen molar-refractivity contribution >= 4 is 20.8 Å². The Bertz CT molecular complexity index is 355. The van der Waals surface area contributed by atoms with Crippen LogP contribution in [0.1, 0.15) is 6.92 Å². The fraction of sp³-hybridized carbons (Fsp3) is 0.200. The molecule has 0 aromatic carbocycles. The average Bonchev–Trinajstić information content (AvgIpc) is 2.75. The number of nitroso groups, excluding NO2 is 1. The first-order valence-corrected chi connectivity index (χ1v) is 5.62. The molecule has 0 bridgehead atoms. The summed E-state index contributed by atoms with van der Waals surface area (Å²) in [6.07, 6.45) is 7.74. The molecule has 1 atom stereocenters. The van der Waals surface area contributed by atoms with E-state index in [1.165, 1.54) is 5.57 Å². The molecular formula is C10H9BF4MnNO3-. The zero-order valence-electron chi connectivity index (χ0n) is 10.2. The topological polar surface area (TPSA) is 63.6 Å². The van der Waals surface area contributed by atoms with Gasteiger partial charge in [0.2, 0.25) is 0 Å². The molecule has 111 valence electrons. The van der Waals surface area contributed by atoms with Crippen LogP contribution >= 0.6 is 0 Å². The van der Waals surface area contributed by atoms with E-state index in [0.717, 1.165) is 0 Å². The van der Waals surface area contributed by atoms with Gasteiger partial charge in [0.1, 0.15) is 0 Å². The van der Waals surface area contributed by atoms with E-state index in [9.17, 15) is 22.2 Å². The first-order chi connectivity index (χ1) is 9.22. The molecule has 0 amide bonds. The summed E-state index contributed by atoms with van der Waals surface area (Å²) in [5.74, 6) is 0. The van der Waals surface area contributed by atoms with Gasteiger partial charge in [-0.3, -0.25) is 9.59 Å². The van der Waals surface area contributed by atoms with Gasteiger partial charge in [-0.2, -0.15) is 0 Å². The van der Waals surface area contributed by atoms with Gasteiger partial charge < -0.3 is 17.3 Å².